The molecule has 0 rings (SSSR count). The van der Waals surface area contributed by atoms with E-state index in [-0.39, 0.29) is 25.7 Å². The molecule has 0 aliphatic rings. The fourth-order valence-electron chi connectivity index (χ4n) is 12.0. The molecular formula is C79H154O17P2. The van der Waals surface area contributed by atoms with Crippen LogP contribution in [-0.4, -0.2) is 96.7 Å². The van der Waals surface area contributed by atoms with Crippen LogP contribution in [-0.2, 0) is 65.4 Å². The number of carbonyl (C=O) groups is 4. The topological polar surface area (TPSA) is 237 Å². The second-order valence-electron chi connectivity index (χ2n) is 30.1. The van der Waals surface area contributed by atoms with E-state index in [0.717, 1.165) is 114 Å². The molecule has 0 aromatic carbocycles. The van der Waals surface area contributed by atoms with Crippen LogP contribution < -0.4 is 0 Å². The summed E-state index contributed by atoms with van der Waals surface area (Å²) in [5, 5.41) is 10.6. The van der Waals surface area contributed by atoms with E-state index in [2.05, 4.69) is 55.4 Å². The Morgan fingerprint density at radius 2 is 0.490 bits per heavy atom. The van der Waals surface area contributed by atoms with E-state index in [1.54, 1.807) is 0 Å². The Bertz CT molecular complexity index is 1920. The molecule has 0 heterocycles. The lowest BCUT2D eigenvalue weighted by Crippen LogP contribution is -2.30. The number of unbranched alkanes of at least 4 members (excludes halogenated alkanes) is 41. The summed E-state index contributed by atoms with van der Waals surface area (Å²) in [5.41, 5.74) is 0. The second-order valence-corrected chi connectivity index (χ2v) is 33.0. The lowest BCUT2D eigenvalue weighted by atomic mass is 9.99. The maximum atomic E-state index is 13.1. The van der Waals surface area contributed by atoms with Crippen molar-refractivity contribution in [3.8, 4) is 0 Å². The number of esters is 4. The van der Waals surface area contributed by atoms with Crippen LogP contribution in [0.25, 0.3) is 0 Å². The van der Waals surface area contributed by atoms with Crippen molar-refractivity contribution in [1.82, 2.24) is 0 Å². The predicted molar refractivity (Wildman–Crippen MR) is 400 cm³/mol. The minimum absolute atomic E-state index is 0.105. The summed E-state index contributed by atoms with van der Waals surface area (Å²) in [6.45, 7) is 14.3. The standard InChI is InChI=1S/C79H154O17P2/c1-9-72(8)58-50-42-34-29-30-36-44-52-60-77(82)90-66-75(96-79(84)62-54-46-38-28-22-25-33-41-49-57-71(6)7)68-94-98(87,88)92-64-73(80)63-91-97(85,86)93-67-74(95-78(83)61-53-45-37-27-21-17-13-11-15-19-24-32-40-48-56-70(4)5)65-89-76(81)59-51-43-35-26-20-16-12-10-14-18-23-31-39-47-55-69(2)3/h69-75,80H,9-68H2,1-8H3,(H,85,86)(H,87,88)/t72?,73-,74-,75-/m1/s1. The molecule has 0 aliphatic carbocycles. The number of aliphatic hydroxyl groups excluding tert-OH is 1. The first-order valence-electron chi connectivity index (χ1n) is 40.7. The van der Waals surface area contributed by atoms with Gasteiger partial charge in [-0.15, -0.1) is 0 Å². The zero-order valence-electron chi connectivity index (χ0n) is 64.4. The molecule has 17 nitrogen and oxygen atoms in total. The molecule has 0 saturated heterocycles. The van der Waals surface area contributed by atoms with Gasteiger partial charge in [-0.1, -0.05) is 351 Å². The second kappa shape index (κ2) is 68.2. The summed E-state index contributed by atoms with van der Waals surface area (Å²) < 4.78 is 68.7. The molecule has 3 N–H and O–H groups in total. The highest BCUT2D eigenvalue weighted by Crippen LogP contribution is 2.45. The molecular weight excluding hydrogens is 1280 g/mol. The molecule has 0 fully saturated rings. The fourth-order valence-corrected chi connectivity index (χ4v) is 13.6. The zero-order valence-corrected chi connectivity index (χ0v) is 66.2. The molecule has 0 aromatic rings. The Morgan fingerprint density at radius 1 is 0.286 bits per heavy atom. The van der Waals surface area contributed by atoms with Gasteiger partial charge >= 0.3 is 39.5 Å². The van der Waals surface area contributed by atoms with Gasteiger partial charge in [0, 0.05) is 25.7 Å². The third kappa shape index (κ3) is 71.1. The van der Waals surface area contributed by atoms with Gasteiger partial charge in [-0.3, -0.25) is 37.3 Å². The number of aliphatic hydroxyl groups is 1. The molecule has 582 valence electrons. The van der Waals surface area contributed by atoms with E-state index in [1.807, 2.05) is 0 Å². The molecule has 0 saturated carbocycles. The quantitative estimate of drug-likeness (QED) is 0.0222. The van der Waals surface area contributed by atoms with Crippen molar-refractivity contribution in [2.24, 2.45) is 23.7 Å². The molecule has 0 spiro atoms. The van der Waals surface area contributed by atoms with Crippen LogP contribution in [0.2, 0.25) is 0 Å². The van der Waals surface area contributed by atoms with E-state index < -0.39 is 97.5 Å². The van der Waals surface area contributed by atoms with Crippen LogP contribution >= 0.6 is 15.6 Å². The molecule has 3 unspecified atom stereocenters. The summed E-state index contributed by atoms with van der Waals surface area (Å²) >= 11 is 0. The number of phosphoric ester groups is 2. The fraction of sp³-hybridized carbons (Fsp3) is 0.949. The van der Waals surface area contributed by atoms with Crippen molar-refractivity contribution in [2.75, 3.05) is 39.6 Å². The minimum Gasteiger partial charge on any atom is -0.462 e. The van der Waals surface area contributed by atoms with Gasteiger partial charge in [0.2, 0.25) is 0 Å². The highest BCUT2D eigenvalue weighted by Gasteiger charge is 2.30. The van der Waals surface area contributed by atoms with Crippen LogP contribution in [0.3, 0.4) is 0 Å². The summed E-state index contributed by atoms with van der Waals surface area (Å²) in [6.07, 6.45) is 54.0. The number of carbonyl (C=O) groups excluding carboxylic acids is 4. The first kappa shape index (κ1) is 96.1. The Balaban J connectivity index is 5.26. The Morgan fingerprint density at radius 3 is 0.724 bits per heavy atom. The maximum Gasteiger partial charge on any atom is 0.472 e. The van der Waals surface area contributed by atoms with Gasteiger partial charge in [0.05, 0.1) is 26.4 Å². The highest BCUT2D eigenvalue weighted by atomic mass is 31.2. The summed E-state index contributed by atoms with van der Waals surface area (Å²) in [4.78, 5) is 73.0. The molecule has 0 bridgehead atoms. The summed E-state index contributed by atoms with van der Waals surface area (Å²) in [5.74, 6) is 0.992. The first-order valence-corrected chi connectivity index (χ1v) is 43.7. The average molecular weight is 1440 g/mol. The van der Waals surface area contributed by atoms with E-state index in [0.29, 0.717) is 25.7 Å². The van der Waals surface area contributed by atoms with Crippen molar-refractivity contribution in [3.05, 3.63) is 0 Å². The van der Waals surface area contributed by atoms with Crippen LogP contribution in [0.4, 0.5) is 0 Å². The van der Waals surface area contributed by atoms with Gasteiger partial charge in [-0.25, -0.2) is 9.13 Å². The SMILES string of the molecule is CCC(C)CCCCCCCCCCC(=O)OC[C@H](COP(=O)(O)OC[C@H](O)COP(=O)(O)OC[C@@H](COC(=O)CCCCCCCCCCCCCCCCC(C)C)OC(=O)CCCCCCCCCCCCCCCCC(C)C)OC(=O)CCCCCCCCCCCC(C)C. The van der Waals surface area contributed by atoms with Gasteiger partial charge in [0.15, 0.2) is 12.2 Å². The predicted octanol–water partition coefficient (Wildman–Crippen LogP) is 23.2. The Kier molecular flexibility index (Phi) is 66.8. The highest BCUT2D eigenvalue weighted by molar-refractivity contribution is 7.47. The monoisotopic (exact) mass is 1440 g/mol. The van der Waals surface area contributed by atoms with Gasteiger partial charge in [0.1, 0.15) is 19.3 Å². The summed E-state index contributed by atoms with van der Waals surface area (Å²) in [6, 6.07) is 0. The average Bonchev–Trinajstić information content (AvgIpc) is 1.01. The van der Waals surface area contributed by atoms with Crippen molar-refractivity contribution in [2.45, 2.75) is 420 Å². The van der Waals surface area contributed by atoms with E-state index in [9.17, 15) is 43.2 Å². The van der Waals surface area contributed by atoms with E-state index in [1.165, 1.54) is 205 Å². The number of hydrogen-bond donors (Lipinski definition) is 3. The molecule has 0 aliphatic heterocycles. The molecule has 6 atom stereocenters. The third-order valence-corrected chi connectivity index (χ3v) is 20.6. The van der Waals surface area contributed by atoms with E-state index >= 15 is 0 Å². The maximum absolute atomic E-state index is 13.1. The van der Waals surface area contributed by atoms with Gasteiger partial charge in [0.25, 0.3) is 0 Å². The number of hydrogen-bond acceptors (Lipinski definition) is 15. The van der Waals surface area contributed by atoms with Crippen LogP contribution in [0.15, 0.2) is 0 Å². The lowest BCUT2D eigenvalue weighted by Gasteiger charge is -2.21. The molecule has 0 aromatic heterocycles. The Hall–Kier alpha value is -1.94. The number of ether oxygens (including phenoxy) is 4. The van der Waals surface area contributed by atoms with Crippen LogP contribution in [0, 0.1) is 23.7 Å². The molecule has 98 heavy (non-hydrogen) atoms. The smallest absolute Gasteiger partial charge is 0.462 e. The molecule has 0 radical (unpaired) electrons. The van der Waals surface area contributed by atoms with Crippen LogP contribution in [0.1, 0.15) is 402 Å². The minimum atomic E-state index is -4.96. The van der Waals surface area contributed by atoms with Gasteiger partial charge in [-0.05, 0) is 49.4 Å². The number of rotatable bonds is 76. The van der Waals surface area contributed by atoms with Crippen LogP contribution in [0.5, 0.6) is 0 Å². The lowest BCUT2D eigenvalue weighted by molar-refractivity contribution is -0.161. The third-order valence-electron chi connectivity index (χ3n) is 18.7. The van der Waals surface area contributed by atoms with Crippen molar-refractivity contribution < 1.29 is 80.2 Å². The molecule has 0 amide bonds. The first-order chi connectivity index (χ1) is 47.1. The molecule has 19 heteroatoms. The normalized spacial score (nSPS) is 14.3. The van der Waals surface area contributed by atoms with Gasteiger partial charge in [-0.2, -0.15) is 0 Å². The van der Waals surface area contributed by atoms with Crippen molar-refractivity contribution >= 4 is 39.5 Å². The van der Waals surface area contributed by atoms with Crippen molar-refractivity contribution in [3.63, 3.8) is 0 Å². The van der Waals surface area contributed by atoms with Gasteiger partial charge < -0.3 is 33.8 Å². The van der Waals surface area contributed by atoms with E-state index in [4.69, 9.17) is 37.0 Å². The largest absolute Gasteiger partial charge is 0.472 e. The Labute approximate surface area is 600 Å². The van der Waals surface area contributed by atoms with Crippen molar-refractivity contribution in [1.29, 1.82) is 0 Å². The summed E-state index contributed by atoms with van der Waals surface area (Å²) in [7, 11) is -9.92. The number of phosphoric acid groups is 2. The zero-order chi connectivity index (χ0) is 72.4.